The summed E-state index contributed by atoms with van der Waals surface area (Å²) in [7, 11) is 2.79. The van der Waals surface area contributed by atoms with Crippen molar-refractivity contribution in [2.45, 2.75) is 12.8 Å². The van der Waals surface area contributed by atoms with Gasteiger partial charge in [-0.1, -0.05) is 42.5 Å². The van der Waals surface area contributed by atoms with Crippen molar-refractivity contribution in [3.63, 3.8) is 0 Å². The molecule has 0 bridgehead atoms. The summed E-state index contributed by atoms with van der Waals surface area (Å²) < 4.78 is 0. The van der Waals surface area contributed by atoms with Crippen LogP contribution in [-0.4, -0.2) is 6.16 Å². The maximum absolute atomic E-state index is 2.79. The van der Waals surface area contributed by atoms with Crippen molar-refractivity contribution in [3.8, 4) is 0 Å². The SMILES string of the molecule is PCCCc1cccc2ccccc12. The number of hydrogen-bond acceptors (Lipinski definition) is 0. The standard InChI is InChI=1S/C13H15P/c14-10-4-8-12-7-3-6-11-5-1-2-9-13(11)12/h1-3,5-7,9H,4,8,10,14H2. The van der Waals surface area contributed by atoms with E-state index in [4.69, 9.17) is 0 Å². The van der Waals surface area contributed by atoms with E-state index in [1.165, 1.54) is 35.3 Å². The van der Waals surface area contributed by atoms with E-state index < -0.39 is 0 Å². The van der Waals surface area contributed by atoms with Crippen molar-refractivity contribution in [2.75, 3.05) is 6.16 Å². The molecule has 2 rings (SSSR count). The molecule has 72 valence electrons. The van der Waals surface area contributed by atoms with Crippen LogP contribution in [0.25, 0.3) is 10.8 Å². The molecule has 0 nitrogen and oxygen atoms in total. The smallest absolute Gasteiger partial charge is 0.0152 e. The lowest BCUT2D eigenvalue weighted by atomic mass is 10.0. The Morgan fingerprint density at radius 1 is 0.929 bits per heavy atom. The fourth-order valence-corrected chi connectivity index (χ4v) is 2.01. The molecule has 0 saturated heterocycles. The molecular formula is C13H15P. The van der Waals surface area contributed by atoms with Crippen LogP contribution < -0.4 is 0 Å². The van der Waals surface area contributed by atoms with Crippen molar-refractivity contribution < 1.29 is 0 Å². The van der Waals surface area contributed by atoms with Gasteiger partial charge in [-0.2, -0.15) is 0 Å². The van der Waals surface area contributed by atoms with Crippen molar-refractivity contribution in [1.82, 2.24) is 0 Å². The number of benzene rings is 2. The monoisotopic (exact) mass is 202 g/mol. The molecule has 1 heteroatoms. The van der Waals surface area contributed by atoms with E-state index in [1.807, 2.05) is 0 Å². The molecule has 0 heterocycles. The first-order valence-corrected chi connectivity index (χ1v) is 5.90. The van der Waals surface area contributed by atoms with Crippen molar-refractivity contribution in [1.29, 1.82) is 0 Å². The molecule has 0 fully saturated rings. The second kappa shape index (κ2) is 4.57. The summed E-state index contributed by atoms with van der Waals surface area (Å²) in [5.74, 6) is 0. The fourth-order valence-electron chi connectivity index (χ4n) is 1.80. The lowest BCUT2D eigenvalue weighted by Crippen LogP contribution is -1.87. The van der Waals surface area contributed by atoms with Gasteiger partial charge in [0.2, 0.25) is 0 Å². The molecular weight excluding hydrogens is 187 g/mol. The Kier molecular flexibility index (Phi) is 3.16. The van der Waals surface area contributed by atoms with Gasteiger partial charge in [0, 0.05) is 0 Å². The average Bonchev–Trinajstić information content (AvgIpc) is 2.26. The van der Waals surface area contributed by atoms with Gasteiger partial charge >= 0.3 is 0 Å². The second-order valence-corrected chi connectivity index (χ2v) is 4.11. The molecule has 0 aliphatic rings. The second-order valence-electron chi connectivity index (χ2n) is 3.53. The minimum absolute atomic E-state index is 1.18. The number of hydrogen-bond donors (Lipinski definition) is 0. The molecule has 0 aliphatic heterocycles. The average molecular weight is 202 g/mol. The van der Waals surface area contributed by atoms with Crippen LogP contribution in [0.15, 0.2) is 42.5 Å². The summed E-state index contributed by atoms with van der Waals surface area (Å²) in [5, 5.41) is 2.77. The fraction of sp³-hybridized carbons (Fsp3) is 0.231. The van der Waals surface area contributed by atoms with E-state index in [2.05, 4.69) is 51.7 Å². The Hall–Kier alpha value is -0.870. The molecule has 0 amide bonds. The number of fused-ring (bicyclic) bond motifs is 1. The van der Waals surface area contributed by atoms with Crippen LogP contribution >= 0.6 is 9.24 Å². The third-order valence-corrected chi connectivity index (χ3v) is 2.94. The molecule has 0 aliphatic carbocycles. The zero-order valence-corrected chi connectivity index (χ0v) is 9.39. The molecule has 0 saturated carbocycles. The molecule has 0 N–H and O–H groups in total. The molecule has 0 aromatic heterocycles. The van der Waals surface area contributed by atoms with Crippen molar-refractivity contribution in [3.05, 3.63) is 48.0 Å². The van der Waals surface area contributed by atoms with Crippen LogP contribution in [0.3, 0.4) is 0 Å². The van der Waals surface area contributed by atoms with Crippen molar-refractivity contribution in [2.24, 2.45) is 0 Å². The van der Waals surface area contributed by atoms with E-state index in [0.717, 1.165) is 0 Å². The predicted molar refractivity (Wildman–Crippen MR) is 66.8 cm³/mol. The summed E-state index contributed by atoms with van der Waals surface area (Å²) >= 11 is 0. The highest BCUT2D eigenvalue weighted by Gasteiger charge is 1.98. The first kappa shape index (κ1) is 9.68. The normalized spacial score (nSPS) is 10.6. The zero-order valence-electron chi connectivity index (χ0n) is 8.24. The van der Waals surface area contributed by atoms with Gasteiger partial charge < -0.3 is 0 Å². The lowest BCUT2D eigenvalue weighted by Gasteiger charge is -2.04. The van der Waals surface area contributed by atoms with Crippen molar-refractivity contribution >= 4 is 20.0 Å². The Morgan fingerprint density at radius 2 is 1.71 bits per heavy atom. The van der Waals surface area contributed by atoms with E-state index >= 15 is 0 Å². The number of aryl methyl sites for hydroxylation is 1. The van der Waals surface area contributed by atoms with Gasteiger partial charge in [0.1, 0.15) is 0 Å². The maximum Gasteiger partial charge on any atom is -0.0152 e. The Morgan fingerprint density at radius 3 is 2.57 bits per heavy atom. The summed E-state index contributed by atoms with van der Waals surface area (Å²) in [6.07, 6.45) is 3.62. The third-order valence-electron chi connectivity index (χ3n) is 2.53. The third kappa shape index (κ3) is 1.96. The van der Waals surface area contributed by atoms with E-state index in [-0.39, 0.29) is 0 Å². The largest absolute Gasteiger partial charge is 0.138 e. The molecule has 1 unspecified atom stereocenters. The van der Waals surface area contributed by atoms with Gasteiger partial charge in [0.05, 0.1) is 0 Å². The van der Waals surface area contributed by atoms with Gasteiger partial charge in [0.15, 0.2) is 0 Å². The maximum atomic E-state index is 2.79. The van der Waals surface area contributed by atoms with Crippen LogP contribution in [0, 0.1) is 0 Å². The summed E-state index contributed by atoms with van der Waals surface area (Å²) in [5.41, 5.74) is 1.48. The zero-order chi connectivity index (χ0) is 9.80. The van der Waals surface area contributed by atoms with Gasteiger partial charge in [0.25, 0.3) is 0 Å². The highest BCUT2D eigenvalue weighted by molar-refractivity contribution is 7.16. The Bertz CT molecular complexity index is 415. The minimum Gasteiger partial charge on any atom is -0.138 e. The van der Waals surface area contributed by atoms with Crippen LogP contribution in [0.2, 0.25) is 0 Å². The Balaban J connectivity index is 2.43. The molecule has 2 aromatic rings. The van der Waals surface area contributed by atoms with Gasteiger partial charge in [-0.15, -0.1) is 9.24 Å². The first-order valence-electron chi connectivity index (χ1n) is 5.08. The van der Waals surface area contributed by atoms with Crippen LogP contribution in [0.5, 0.6) is 0 Å². The summed E-state index contributed by atoms with van der Waals surface area (Å²) in [4.78, 5) is 0. The van der Waals surface area contributed by atoms with Crippen LogP contribution in [0.1, 0.15) is 12.0 Å². The van der Waals surface area contributed by atoms with Crippen LogP contribution in [-0.2, 0) is 6.42 Å². The topological polar surface area (TPSA) is 0 Å². The van der Waals surface area contributed by atoms with E-state index in [0.29, 0.717) is 0 Å². The predicted octanol–water partition coefficient (Wildman–Crippen LogP) is 3.65. The highest BCUT2D eigenvalue weighted by Crippen LogP contribution is 2.19. The van der Waals surface area contributed by atoms with E-state index in [1.54, 1.807) is 0 Å². The summed E-state index contributed by atoms with van der Waals surface area (Å²) in [6, 6.07) is 15.2. The minimum atomic E-state index is 1.18. The molecule has 14 heavy (non-hydrogen) atoms. The van der Waals surface area contributed by atoms with E-state index in [9.17, 15) is 0 Å². The molecule has 0 radical (unpaired) electrons. The number of rotatable bonds is 3. The molecule has 1 atom stereocenters. The quantitative estimate of drug-likeness (QED) is 0.666. The molecule has 0 spiro atoms. The first-order chi connectivity index (χ1) is 6.92. The van der Waals surface area contributed by atoms with Crippen LogP contribution in [0.4, 0.5) is 0 Å². The van der Waals surface area contributed by atoms with Gasteiger partial charge in [-0.05, 0) is 35.3 Å². The lowest BCUT2D eigenvalue weighted by molar-refractivity contribution is 0.942. The van der Waals surface area contributed by atoms with Gasteiger partial charge in [-0.25, -0.2) is 0 Å². The highest BCUT2D eigenvalue weighted by atomic mass is 31.0. The summed E-state index contributed by atoms with van der Waals surface area (Å²) in [6.45, 7) is 0. The molecule has 2 aromatic carbocycles. The Labute approximate surface area is 87.5 Å². The van der Waals surface area contributed by atoms with Gasteiger partial charge in [-0.3, -0.25) is 0 Å².